The summed E-state index contributed by atoms with van der Waals surface area (Å²) in [6.45, 7) is 5.25. The van der Waals surface area contributed by atoms with E-state index < -0.39 is 0 Å². The van der Waals surface area contributed by atoms with Gasteiger partial charge in [0.2, 0.25) is 0 Å². The minimum absolute atomic E-state index is 0.0541. The number of aliphatic hydroxyl groups is 1. The molecule has 0 bridgehead atoms. The normalized spacial score (nSPS) is 14.4. The Morgan fingerprint density at radius 2 is 1.80 bits per heavy atom. The summed E-state index contributed by atoms with van der Waals surface area (Å²) in [7, 11) is 0. The third-order valence-electron chi connectivity index (χ3n) is 4.47. The Morgan fingerprint density at radius 1 is 1.12 bits per heavy atom. The van der Waals surface area contributed by atoms with Crippen LogP contribution < -0.4 is 5.32 Å². The molecule has 0 unspecified atom stereocenters. The first-order valence-corrected chi connectivity index (χ1v) is 8.57. The molecule has 2 N–H and O–H groups in total. The van der Waals surface area contributed by atoms with Crippen LogP contribution in [0.1, 0.15) is 27.0 Å². The lowest BCUT2D eigenvalue weighted by molar-refractivity contribution is 0.0303. The number of hydrogen-bond donors (Lipinski definition) is 2. The molecule has 2 aromatic carbocycles. The standard InChI is InChI=1S/C20H24N2O3/c1-15-2-7-18(20(24)22-8-10-25-11-9-22)12-19(15)21-13-16-3-5-17(14-23)6-4-16/h2-7,12,21,23H,8-11,13-14H2,1H3. The predicted molar refractivity (Wildman–Crippen MR) is 97.6 cm³/mol. The van der Waals surface area contributed by atoms with E-state index in [9.17, 15) is 4.79 Å². The van der Waals surface area contributed by atoms with Gasteiger partial charge in [-0.1, -0.05) is 30.3 Å². The van der Waals surface area contributed by atoms with Crippen molar-refractivity contribution in [1.82, 2.24) is 4.90 Å². The van der Waals surface area contributed by atoms with Crippen molar-refractivity contribution in [2.24, 2.45) is 0 Å². The smallest absolute Gasteiger partial charge is 0.254 e. The Morgan fingerprint density at radius 3 is 2.48 bits per heavy atom. The number of ether oxygens (including phenoxy) is 1. The molecule has 25 heavy (non-hydrogen) atoms. The van der Waals surface area contributed by atoms with Gasteiger partial charge in [-0.3, -0.25) is 4.79 Å². The number of anilines is 1. The number of hydrogen-bond acceptors (Lipinski definition) is 4. The zero-order chi connectivity index (χ0) is 17.6. The molecule has 3 rings (SSSR count). The number of aryl methyl sites for hydroxylation is 1. The van der Waals surface area contributed by atoms with Crippen LogP contribution in [0.3, 0.4) is 0 Å². The number of carbonyl (C=O) groups is 1. The zero-order valence-corrected chi connectivity index (χ0v) is 14.5. The van der Waals surface area contributed by atoms with Crippen LogP contribution in [-0.2, 0) is 17.9 Å². The van der Waals surface area contributed by atoms with Crippen molar-refractivity contribution < 1.29 is 14.6 Å². The van der Waals surface area contributed by atoms with Crippen LogP contribution >= 0.6 is 0 Å². The minimum Gasteiger partial charge on any atom is -0.392 e. The molecule has 132 valence electrons. The van der Waals surface area contributed by atoms with Gasteiger partial charge in [-0.25, -0.2) is 0 Å². The number of amides is 1. The zero-order valence-electron chi connectivity index (χ0n) is 14.5. The summed E-state index contributed by atoms with van der Waals surface area (Å²) in [6, 6.07) is 13.6. The molecule has 0 radical (unpaired) electrons. The van der Waals surface area contributed by atoms with Crippen molar-refractivity contribution in [1.29, 1.82) is 0 Å². The lowest BCUT2D eigenvalue weighted by Gasteiger charge is -2.27. The molecule has 1 amide bonds. The van der Waals surface area contributed by atoms with Gasteiger partial charge >= 0.3 is 0 Å². The number of nitrogens with zero attached hydrogens (tertiary/aromatic N) is 1. The SMILES string of the molecule is Cc1ccc(C(=O)N2CCOCC2)cc1NCc1ccc(CO)cc1. The average molecular weight is 340 g/mol. The molecule has 2 aromatic rings. The minimum atomic E-state index is 0.0541. The monoisotopic (exact) mass is 340 g/mol. The maximum absolute atomic E-state index is 12.6. The van der Waals surface area contributed by atoms with E-state index in [-0.39, 0.29) is 12.5 Å². The summed E-state index contributed by atoms with van der Waals surface area (Å²) in [5, 5.41) is 12.5. The van der Waals surface area contributed by atoms with Crippen molar-refractivity contribution in [2.45, 2.75) is 20.1 Å². The first-order valence-electron chi connectivity index (χ1n) is 8.57. The van der Waals surface area contributed by atoms with E-state index in [1.807, 2.05) is 54.3 Å². The van der Waals surface area contributed by atoms with Gasteiger partial charge in [0.1, 0.15) is 0 Å². The summed E-state index contributed by atoms with van der Waals surface area (Å²) in [6.07, 6.45) is 0. The third-order valence-corrected chi connectivity index (χ3v) is 4.47. The molecular weight excluding hydrogens is 316 g/mol. The Bertz CT molecular complexity index is 722. The molecule has 1 heterocycles. The second-order valence-electron chi connectivity index (χ2n) is 6.26. The van der Waals surface area contributed by atoms with Gasteiger partial charge in [0.05, 0.1) is 19.8 Å². The number of rotatable bonds is 5. The molecule has 1 aliphatic heterocycles. The summed E-state index contributed by atoms with van der Waals surface area (Å²) < 4.78 is 5.31. The van der Waals surface area contributed by atoms with Crippen molar-refractivity contribution in [2.75, 3.05) is 31.6 Å². The molecule has 0 atom stereocenters. The average Bonchev–Trinajstić information content (AvgIpc) is 2.68. The fourth-order valence-electron chi connectivity index (χ4n) is 2.85. The van der Waals surface area contributed by atoms with Gasteiger partial charge in [0.15, 0.2) is 0 Å². The topological polar surface area (TPSA) is 61.8 Å². The maximum atomic E-state index is 12.6. The number of carbonyl (C=O) groups excluding carboxylic acids is 1. The quantitative estimate of drug-likeness (QED) is 0.878. The highest BCUT2D eigenvalue weighted by molar-refractivity contribution is 5.95. The summed E-state index contributed by atoms with van der Waals surface area (Å²) in [5.74, 6) is 0.0543. The highest BCUT2D eigenvalue weighted by Crippen LogP contribution is 2.20. The molecule has 0 aliphatic carbocycles. The maximum Gasteiger partial charge on any atom is 0.254 e. The molecule has 0 aromatic heterocycles. The van der Waals surface area contributed by atoms with Gasteiger partial charge in [0.25, 0.3) is 5.91 Å². The Kier molecular flexibility index (Phi) is 5.68. The van der Waals surface area contributed by atoms with E-state index in [0.717, 1.165) is 22.4 Å². The highest BCUT2D eigenvalue weighted by Gasteiger charge is 2.19. The summed E-state index contributed by atoms with van der Waals surface area (Å²) >= 11 is 0. The number of benzene rings is 2. The first-order chi connectivity index (χ1) is 12.2. The number of aliphatic hydroxyl groups excluding tert-OH is 1. The van der Waals surface area contributed by atoms with E-state index in [1.54, 1.807) is 0 Å². The molecule has 1 saturated heterocycles. The van der Waals surface area contributed by atoms with Crippen LogP contribution in [-0.4, -0.2) is 42.2 Å². The summed E-state index contributed by atoms with van der Waals surface area (Å²) in [5.41, 5.74) is 4.79. The molecule has 0 spiro atoms. The van der Waals surface area contributed by atoms with Crippen LogP contribution in [0.2, 0.25) is 0 Å². The Hall–Kier alpha value is -2.37. The lowest BCUT2D eigenvalue weighted by atomic mass is 10.1. The second-order valence-corrected chi connectivity index (χ2v) is 6.26. The van der Waals surface area contributed by atoms with Crippen LogP contribution in [0.15, 0.2) is 42.5 Å². The van der Waals surface area contributed by atoms with E-state index in [4.69, 9.17) is 9.84 Å². The van der Waals surface area contributed by atoms with E-state index in [2.05, 4.69) is 5.32 Å². The van der Waals surface area contributed by atoms with Crippen molar-refractivity contribution >= 4 is 11.6 Å². The van der Waals surface area contributed by atoms with Crippen LogP contribution in [0.25, 0.3) is 0 Å². The van der Waals surface area contributed by atoms with Crippen molar-refractivity contribution in [3.8, 4) is 0 Å². The molecule has 0 saturated carbocycles. The van der Waals surface area contributed by atoms with Gasteiger partial charge in [-0.05, 0) is 35.7 Å². The number of morpholine rings is 1. The Labute approximate surface area is 148 Å². The first kappa shape index (κ1) is 17.5. The molecule has 5 heteroatoms. The van der Waals surface area contributed by atoms with Crippen molar-refractivity contribution in [3.05, 3.63) is 64.7 Å². The van der Waals surface area contributed by atoms with Gasteiger partial charge in [-0.2, -0.15) is 0 Å². The number of nitrogens with one attached hydrogen (secondary N) is 1. The van der Waals surface area contributed by atoms with Crippen LogP contribution in [0.4, 0.5) is 5.69 Å². The van der Waals surface area contributed by atoms with E-state index in [1.165, 1.54) is 0 Å². The lowest BCUT2D eigenvalue weighted by Crippen LogP contribution is -2.40. The van der Waals surface area contributed by atoms with Crippen molar-refractivity contribution in [3.63, 3.8) is 0 Å². The fourth-order valence-corrected chi connectivity index (χ4v) is 2.85. The van der Waals surface area contributed by atoms with E-state index >= 15 is 0 Å². The molecule has 5 nitrogen and oxygen atoms in total. The van der Waals surface area contributed by atoms with E-state index in [0.29, 0.717) is 38.4 Å². The third kappa shape index (κ3) is 4.38. The van der Waals surface area contributed by atoms with Gasteiger partial charge in [-0.15, -0.1) is 0 Å². The predicted octanol–water partition coefficient (Wildman–Crippen LogP) is 2.57. The van der Waals surface area contributed by atoms with Gasteiger partial charge in [0, 0.05) is 30.9 Å². The Balaban J connectivity index is 1.69. The van der Waals surface area contributed by atoms with Gasteiger partial charge < -0.3 is 20.1 Å². The molecule has 1 aliphatic rings. The van der Waals surface area contributed by atoms with Crippen LogP contribution in [0, 0.1) is 6.92 Å². The molecule has 1 fully saturated rings. The largest absolute Gasteiger partial charge is 0.392 e. The summed E-state index contributed by atoms with van der Waals surface area (Å²) in [4.78, 5) is 14.5. The van der Waals surface area contributed by atoms with Crippen LogP contribution in [0.5, 0.6) is 0 Å². The fraction of sp³-hybridized carbons (Fsp3) is 0.350. The highest BCUT2D eigenvalue weighted by atomic mass is 16.5. The second kappa shape index (κ2) is 8.14. The molecular formula is C20H24N2O3.